The Hall–Kier alpha value is -1.11. The van der Waals surface area contributed by atoms with Crippen LogP contribution < -0.4 is 0 Å². The summed E-state index contributed by atoms with van der Waals surface area (Å²) < 4.78 is 0. The fourth-order valence-corrected chi connectivity index (χ4v) is 1.51. The standard InChI is InChI=1S/C12H17N.C2H6/c1-5-6-7-12-9(2)8-13-11(4)10(12)3;1-2/h5,8H,1,6-7H2,2-4H3;1-2H3. The third kappa shape index (κ3) is 3.86. The summed E-state index contributed by atoms with van der Waals surface area (Å²) in [5.41, 5.74) is 5.21. The van der Waals surface area contributed by atoms with Crippen LogP contribution in [0.2, 0.25) is 0 Å². The van der Waals surface area contributed by atoms with E-state index >= 15 is 0 Å². The van der Waals surface area contributed by atoms with Gasteiger partial charge >= 0.3 is 0 Å². The molecule has 0 aliphatic heterocycles. The van der Waals surface area contributed by atoms with Gasteiger partial charge in [-0.05, 0) is 50.3 Å². The molecule has 0 aliphatic carbocycles. The molecule has 1 heterocycles. The molecule has 0 atom stereocenters. The zero-order valence-corrected chi connectivity index (χ0v) is 10.7. The van der Waals surface area contributed by atoms with Crippen molar-refractivity contribution in [2.45, 2.75) is 47.5 Å². The van der Waals surface area contributed by atoms with E-state index in [4.69, 9.17) is 0 Å². The van der Waals surface area contributed by atoms with Gasteiger partial charge in [0.2, 0.25) is 0 Å². The smallest absolute Gasteiger partial charge is 0.0404 e. The van der Waals surface area contributed by atoms with Crippen molar-refractivity contribution in [2.75, 3.05) is 0 Å². The van der Waals surface area contributed by atoms with Gasteiger partial charge in [0.15, 0.2) is 0 Å². The maximum absolute atomic E-state index is 4.32. The van der Waals surface area contributed by atoms with Crippen LogP contribution in [-0.2, 0) is 6.42 Å². The van der Waals surface area contributed by atoms with Crippen LogP contribution >= 0.6 is 0 Å². The molecule has 1 heteroatoms. The molecule has 0 saturated carbocycles. The Bertz CT molecular complexity index is 313. The van der Waals surface area contributed by atoms with Gasteiger partial charge < -0.3 is 0 Å². The zero-order valence-electron chi connectivity index (χ0n) is 10.7. The summed E-state index contributed by atoms with van der Waals surface area (Å²) in [6.07, 6.45) is 6.06. The molecule has 1 aromatic rings. The number of aromatic nitrogens is 1. The predicted molar refractivity (Wildman–Crippen MR) is 68.3 cm³/mol. The summed E-state index contributed by atoms with van der Waals surface area (Å²) in [4.78, 5) is 4.32. The molecule has 1 nitrogen and oxygen atoms in total. The highest BCUT2D eigenvalue weighted by Crippen LogP contribution is 2.16. The fourth-order valence-electron chi connectivity index (χ4n) is 1.51. The molecule has 0 aliphatic rings. The second-order valence-corrected chi connectivity index (χ2v) is 3.46. The number of allylic oxidation sites excluding steroid dienone is 1. The molecule has 0 aromatic carbocycles. The topological polar surface area (TPSA) is 12.9 Å². The van der Waals surface area contributed by atoms with Crippen LogP contribution in [0.1, 0.15) is 42.7 Å². The van der Waals surface area contributed by atoms with Gasteiger partial charge in [0.05, 0.1) is 0 Å². The zero-order chi connectivity index (χ0) is 11.8. The number of rotatable bonds is 3. The highest BCUT2D eigenvalue weighted by Gasteiger charge is 2.04. The molecular weight excluding hydrogens is 182 g/mol. The van der Waals surface area contributed by atoms with E-state index in [-0.39, 0.29) is 0 Å². The first-order chi connectivity index (χ1) is 7.16. The largest absolute Gasteiger partial charge is 0.261 e. The first-order valence-electron chi connectivity index (χ1n) is 5.69. The summed E-state index contributed by atoms with van der Waals surface area (Å²) in [6.45, 7) is 14.1. The van der Waals surface area contributed by atoms with Gasteiger partial charge in [-0.3, -0.25) is 4.98 Å². The lowest BCUT2D eigenvalue weighted by atomic mass is 9.99. The van der Waals surface area contributed by atoms with Crippen molar-refractivity contribution < 1.29 is 0 Å². The molecular formula is C14H23N. The van der Waals surface area contributed by atoms with Gasteiger partial charge in [-0.1, -0.05) is 19.9 Å². The number of hydrogen-bond acceptors (Lipinski definition) is 1. The van der Waals surface area contributed by atoms with Crippen molar-refractivity contribution in [3.05, 3.63) is 41.2 Å². The van der Waals surface area contributed by atoms with Crippen LogP contribution in [0.3, 0.4) is 0 Å². The first kappa shape index (κ1) is 13.9. The Balaban J connectivity index is 0.000000921. The van der Waals surface area contributed by atoms with Gasteiger partial charge in [-0.15, -0.1) is 6.58 Å². The minimum atomic E-state index is 1.05. The van der Waals surface area contributed by atoms with Crippen molar-refractivity contribution in [2.24, 2.45) is 0 Å². The van der Waals surface area contributed by atoms with Gasteiger partial charge in [0, 0.05) is 11.9 Å². The molecule has 0 spiro atoms. The van der Waals surface area contributed by atoms with Gasteiger partial charge in [0.1, 0.15) is 0 Å². The summed E-state index contributed by atoms with van der Waals surface area (Å²) in [6, 6.07) is 0. The van der Waals surface area contributed by atoms with Crippen LogP contribution in [0.25, 0.3) is 0 Å². The van der Waals surface area contributed by atoms with Crippen LogP contribution in [0.4, 0.5) is 0 Å². The fraction of sp³-hybridized carbons (Fsp3) is 0.500. The van der Waals surface area contributed by atoms with Gasteiger partial charge in [-0.25, -0.2) is 0 Å². The maximum atomic E-state index is 4.32. The molecule has 0 bridgehead atoms. The number of nitrogens with zero attached hydrogens (tertiary/aromatic N) is 1. The molecule has 0 unspecified atom stereocenters. The highest BCUT2D eigenvalue weighted by atomic mass is 14.7. The van der Waals surface area contributed by atoms with Crippen molar-refractivity contribution >= 4 is 0 Å². The average molecular weight is 205 g/mol. The number of hydrogen-bond donors (Lipinski definition) is 0. The second kappa shape index (κ2) is 7.22. The highest BCUT2D eigenvalue weighted by molar-refractivity contribution is 5.34. The minimum Gasteiger partial charge on any atom is -0.261 e. The first-order valence-corrected chi connectivity index (χ1v) is 5.69. The van der Waals surface area contributed by atoms with Crippen LogP contribution in [0.15, 0.2) is 18.9 Å². The summed E-state index contributed by atoms with van der Waals surface area (Å²) >= 11 is 0. The normalized spacial score (nSPS) is 9.13. The summed E-state index contributed by atoms with van der Waals surface area (Å²) in [5, 5.41) is 0. The lowest BCUT2D eigenvalue weighted by molar-refractivity contribution is 0.948. The molecule has 0 fully saturated rings. The van der Waals surface area contributed by atoms with E-state index in [0.717, 1.165) is 18.5 Å². The van der Waals surface area contributed by atoms with E-state index in [2.05, 4.69) is 32.3 Å². The number of aryl methyl sites for hydroxylation is 2. The van der Waals surface area contributed by atoms with E-state index in [1.807, 2.05) is 26.1 Å². The number of pyridine rings is 1. The van der Waals surface area contributed by atoms with E-state index < -0.39 is 0 Å². The van der Waals surface area contributed by atoms with Crippen molar-refractivity contribution in [3.63, 3.8) is 0 Å². The van der Waals surface area contributed by atoms with Gasteiger partial charge in [-0.2, -0.15) is 0 Å². The molecule has 0 saturated heterocycles. The van der Waals surface area contributed by atoms with E-state index in [9.17, 15) is 0 Å². The Morgan fingerprint density at radius 2 is 1.87 bits per heavy atom. The maximum Gasteiger partial charge on any atom is 0.0404 e. The average Bonchev–Trinajstić information content (AvgIpc) is 2.27. The molecule has 1 aromatic heterocycles. The molecule has 1 rings (SSSR count). The lowest BCUT2D eigenvalue weighted by Crippen LogP contribution is -1.98. The molecule has 15 heavy (non-hydrogen) atoms. The Labute approximate surface area is 94.3 Å². The van der Waals surface area contributed by atoms with Crippen molar-refractivity contribution in [1.29, 1.82) is 0 Å². The van der Waals surface area contributed by atoms with Crippen LogP contribution in [0, 0.1) is 20.8 Å². The SMILES string of the molecule is C=CCCc1c(C)cnc(C)c1C.CC. The Morgan fingerprint density at radius 1 is 1.27 bits per heavy atom. The Kier molecular flexibility index (Phi) is 6.68. The molecule has 0 radical (unpaired) electrons. The lowest BCUT2D eigenvalue weighted by Gasteiger charge is -2.10. The Morgan fingerprint density at radius 3 is 2.40 bits per heavy atom. The van der Waals surface area contributed by atoms with Crippen LogP contribution in [-0.4, -0.2) is 4.98 Å². The van der Waals surface area contributed by atoms with Crippen molar-refractivity contribution in [3.8, 4) is 0 Å². The summed E-state index contributed by atoms with van der Waals surface area (Å²) in [7, 11) is 0. The van der Waals surface area contributed by atoms with E-state index in [0.29, 0.717) is 0 Å². The van der Waals surface area contributed by atoms with Crippen molar-refractivity contribution in [1.82, 2.24) is 4.98 Å². The van der Waals surface area contributed by atoms with E-state index in [1.54, 1.807) is 0 Å². The minimum absolute atomic E-state index is 1.05. The van der Waals surface area contributed by atoms with Crippen LogP contribution in [0.5, 0.6) is 0 Å². The monoisotopic (exact) mass is 205 g/mol. The molecule has 0 amide bonds. The third-order valence-electron chi connectivity index (χ3n) is 2.52. The quantitative estimate of drug-likeness (QED) is 0.675. The van der Waals surface area contributed by atoms with Gasteiger partial charge in [0.25, 0.3) is 0 Å². The predicted octanol–water partition coefficient (Wildman–Crippen LogP) is 4.15. The second-order valence-electron chi connectivity index (χ2n) is 3.46. The van der Waals surface area contributed by atoms with E-state index in [1.165, 1.54) is 16.7 Å². The molecule has 84 valence electrons. The third-order valence-corrected chi connectivity index (χ3v) is 2.52. The molecule has 0 N–H and O–H groups in total. The summed E-state index contributed by atoms with van der Waals surface area (Å²) in [5.74, 6) is 0.